The first-order chi connectivity index (χ1) is 6.82. The molecule has 0 fully saturated rings. The molecular formula is C12H18INO. The van der Waals surface area contributed by atoms with Gasteiger partial charge in [-0.15, -0.1) is 0 Å². The molecule has 1 aromatic rings. The van der Waals surface area contributed by atoms with Crippen LogP contribution in [-0.4, -0.2) is 11.2 Å². The van der Waals surface area contributed by atoms with Gasteiger partial charge in [0, 0.05) is 3.57 Å². The van der Waals surface area contributed by atoms with E-state index >= 15 is 0 Å². The summed E-state index contributed by atoms with van der Waals surface area (Å²) < 4.78 is 1.17. The largest absolute Gasteiger partial charge is 0.391 e. The first-order valence-corrected chi connectivity index (χ1v) is 6.09. The SMILES string of the molecule is CC(C)(C)[C@@H](O)[C@@H](N)c1ccc(I)cc1. The number of rotatable bonds is 2. The maximum absolute atomic E-state index is 10.1. The van der Waals surface area contributed by atoms with E-state index in [2.05, 4.69) is 22.6 Å². The normalized spacial score (nSPS) is 16.1. The van der Waals surface area contributed by atoms with Crippen LogP contribution in [0, 0.1) is 8.99 Å². The van der Waals surface area contributed by atoms with Crippen LogP contribution in [0.4, 0.5) is 0 Å². The molecule has 3 N–H and O–H groups in total. The molecule has 0 amide bonds. The van der Waals surface area contributed by atoms with Gasteiger partial charge in [-0.2, -0.15) is 0 Å². The van der Waals surface area contributed by atoms with Gasteiger partial charge in [0.2, 0.25) is 0 Å². The van der Waals surface area contributed by atoms with Crippen molar-refractivity contribution in [1.29, 1.82) is 0 Å². The van der Waals surface area contributed by atoms with E-state index in [1.807, 2.05) is 45.0 Å². The maximum atomic E-state index is 10.1. The summed E-state index contributed by atoms with van der Waals surface area (Å²) in [5.41, 5.74) is 6.81. The monoisotopic (exact) mass is 319 g/mol. The molecule has 84 valence electrons. The smallest absolute Gasteiger partial charge is 0.0780 e. The molecule has 0 saturated carbocycles. The lowest BCUT2D eigenvalue weighted by Gasteiger charge is -2.31. The lowest BCUT2D eigenvalue weighted by molar-refractivity contribution is 0.0401. The minimum atomic E-state index is -0.530. The molecule has 0 bridgehead atoms. The molecule has 0 aliphatic heterocycles. The van der Waals surface area contributed by atoms with Crippen molar-refractivity contribution in [2.45, 2.75) is 32.9 Å². The molecule has 3 heteroatoms. The molecule has 15 heavy (non-hydrogen) atoms. The first-order valence-electron chi connectivity index (χ1n) is 5.01. The van der Waals surface area contributed by atoms with Crippen molar-refractivity contribution in [3.05, 3.63) is 33.4 Å². The zero-order chi connectivity index (χ0) is 11.6. The minimum Gasteiger partial charge on any atom is -0.391 e. The van der Waals surface area contributed by atoms with E-state index in [0.717, 1.165) is 5.56 Å². The maximum Gasteiger partial charge on any atom is 0.0780 e. The standard InChI is InChI=1S/C12H18INO/c1-12(2,3)11(15)10(14)8-4-6-9(13)7-5-8/h4-7,10-11,15H,14H2,1-3H3/t10-,11-/m0/s1. The highest BCUT2D eigenvalue weighted by atomic mass is 127. The van der Waals surface area contributed by atoms with Crippen molar-refractivity contribution in [3.63, 3.8) is 0 Å². The molecular weight excluding hydrogens is 301 g/mol. The summed E-state index contributed by atoms with van der Waals surface area (Å²) in [6, 6.07) is 7.64. The van der Waals surface area contributed by atoms with E-state index < -0.39 is 6.10 Å². The number of hydrogen-bond acceptors (Lipinski definition) is 2. The van der Waals surface area contributed by atoms with Crippen molar-refractivity contribution in [2.75, 3.05) is 0 Å². The van der Waals surface area contributed by atoms with Gasteiger partial charge in [-0.3, -0.25) is 0 Å². The van der Waals surface area contributed by atoms with Crippen molar-refractivity contribution in [3.8, 4) is 0 Å². The van der Waals surface area contributed by atoms with Crippen LogP contribution in [0.1, 0.15) is 32.4 Å². The summed E-state index contributed by atoms with van der Waals surface area (Å²) >= 11 is 2.25. The second kappa shape index (κ2) is 4.80. The summed E-state index contributed by atoms with van der Waals surface area (Å²) in [4.78, 5) is 0. The molecule has 0 unspecified atom stereocenters. The molecule has 2 nitrogen and oxygen atoms in total. The Morgan fingerprint density at radius 1 is 1.20 bits per heavy atom. The van der Waals surface area contributed by atoms with E-state index in [4.69, 9.17) is 5.73 Å². The Hall–Kier alpha value is -0.130. The molecule has 0 heterocycles. The zero-order valence-electron chi connectivity index (χ0n) is 9.37. The van der Waals surface area contributed by atoms with Crippen LogP contribution in [0.25, 0.3) is 0 Å². The second-order valence-corrected chi connectivity index (χ2v) is 6.13. The minimum absolute atomic E-state index is 0.192. The molecule has 0 aliphatic carbocycles. The van der Waals surface area contributed by atoms with Crippen molar-refractivity contribution in [2.24, 2.45) is 11.1 Å². The average Bonchev–Trinajstić information content (AvgIpc) is 2.15. The Bertz CT molecular complexity index is 315. The molecule has 1 rings (SSSR count). The summed E-state index contributed by atoms with van der Waals surface area (Å²) in [5.74, 6) is 0. The fraction of sp³-hybridized carbons (Fsp3) is 0.500. The number of hydrogen-bond donors (Lipinski definition) is 2. The molecule has 1 aromatic carbocycles. The number of nitrogens with two attached hydrogens (primary N) is 1. The predicted octanol–water partition coefficient (Wildman–Crippen LogP) is 2.70. The van der Waals surface area contributed by atoms with Crippen LogP contribution in [0.2, 0.25) is 0 Å². The van der Waals surface area contributed by atoms with Crippen LogP contribution in [0.3, 0.4) is 0 Å². The lowest BCUT2D eigenvalue weighted by atomic mass is 9.82. The summed E-state index contributed by atoms with van der Waals surface area (Å²) in [5, 5.41) is 10.1. The summed E-state index contributed by atoms with van der Waals surface area (Å²) in [6.45, 7) is 5.97. The van der Waals surface area contributed by atoms with Gasteiger partial charge >= 0.3 is 0 Å². The van der Waals surface area contributed by atoms with Gasteiger partial charge in [0.05, 0.1) is 12.1 Å². The highest BCUT2D eigenvalue weighted by Crippen LogP contribution is 2.28. The van der Waals surface area contributed by atoms with E-state index in [0.29, 0.717) is 0 Å². The van der Waals surface area contributed by atoms with E-state index in [9.17, 15) is 5.11 Å². The first kappa shape index (κ1) is 12.9. The van der Waals surface area contributed by atoms with Gasteiger partial charge in [0.15, 0.2) is 0 Å². The Balaban J connectivity index is 2.85. The topological polar surface area (TPSA) is 46.2 Å². The Kier molecular flexibility index (Phi) is 4.14. The molecule has 0 aromatic heterocycles. The molecule has 0 spiro atoms. The molecule has 0 radical (unpaired) electrons. The number of aliphatic hydroxyl groups excluding tert-OH is 1. The van der Waals surface area contributed by atoms with Crippen LogP contribution in [0.15, 0.2) is 24.3 Å². The second-order valence-electron chi connectivity index (χ2n) is 4.89. The quantitative estimate of drug-likeness (QED) is 0.824. The fourth-order valence-corrected chi connectivity index (χ4v) is 1.77. The summed E-state index contributed by atoms with van der Waals surface area (Å²) in [7, 11) is 0. The average molecular weight is 319 g/mol. The third-order valence-electron chi connectivity index (χ3n) is 2.48. The van der Waals surface area contributed by atoms with Gasteiger partial charge in [-0.25, -0.2) is 0 Å². The molecule has 2 atom stereocenters. The van der Waals surface area contributed by atoms with Crippen LogP contribution >= 0.6 is 22.6 Å². The summed E-state index contributed by atoms with van der Waals surface area (Å²) in [6.07, 6.45) is -0.530. The van der Waals surface area contributed by atoms with Crippen molar-refractivity contribution >= 4 is 22.6 Å². The van der Waals surface area contributed by atoms with E-state index in [1.54, 1.807) is 0 Å². The predicted molar refractivity (Wildman–Crippen MR) is 71.5 cm³/mol. The van der Waals surface area contributed by atoms with Crippen LogP contribution in [0.5, 0.6) is 0 Å². The lowest BCUT2D eigenvalue weighted by Crippen LogP contribution is -2.36. The van der Waals surface area contributed by atoms with Gasteiger partial charge in [-0.05, 0) is 45.7 Å². The van der Waals surface area contributed by atoms with Crippen molar-refractivity contribution < 1.29 is 5.11 Å². The van der Waals surface area contributed by atoms with E-state index in [-0.39, 0.29) is 11.5 Å². The van der Waals surface area contributed by atoms with Crippen LogP contribution < -0.4 is 5.73 Å². The Morgan fingerprint density at radius 2 is 1.67 bits per heavy atom. The van der Waals surface area contributed by atoms with Gasteiger partial charge in [0.1, 0.15) is 0 Å². The fourth-order valence-electron chi connectivity index (χ4n) is 1.41. The highest BCUT2D eigenvalue weighted by Gasteiger charge is 2.28. The van der Waals surface area contributed by atoms with Crippen molar-refractivity contribution in [1.82, 2.24) is 0 Å². The number of aliphatic hydroxyl groups is 1. The third kappa shape index (κ3) is 3.43. The third-order valence-corrected chi connectivity index (χ3v) is 3.20. The Morgan fingerprint density at radius 3 is 2.07 bits per heavy atom. The number of halogens is 1. The molecule has 0 saturated heterocycles. The molecule has 0 aliphatic rings. The van der Waals surface area contributed by atoms with Gasteiger partial charge < -0.3 is 10.8 Å². The van der Waals surface area contributed by atoms with Gasteiger partial charge in [-0.1, -0.05) is 32.9 Å². The highest BCUT2D eigenvalue weighted by molar-refractivity contribution is 14.1. The zero-order valence-corrected chi connectivity index (χ0v) is 11.5. The van der Waals surface area contributed by atoms with E-state index in [1.165, 1.54) is 3.57 Å². The van der Waals surface area contributed by atoms with Gasteiger partial charge in [0.25, 0.3) is 0 Å². The van der Waals surface area contributed by atoms with Crippen LogP contribution in [-0.2, 0) is 0 Å². The Labute approximate surface area is 105 Å². The number of benzene rings is 1.